The Hall–Kier alpha value is -2.67. The molecule has 1 aromatic heterocycles. The molecule has 0 aliphatic heterocycles. The molecular weight excluding hydrogens is 286 g/mol. The lowest BCUT2D eigenvalue weighted by atomic mass is 10.1. The number of nitrogens with two attached hydrogens (primary N) is 1. The van der Waals surface area contributed by atoms with Crippen LogP contribution in [0.2, 0.25) is 0 Å². The van der Waals surface area contributed by atoms with Crippen LogP contribution in [0.1, 0.15) is 39.7 Å². The predicted octanol–water partition coefficient (Wildman–Crippen LogP) is 1.32. The van der Waals surface area contributed by atoms with Gasteiger partial charge in [-0.1, -0.05) is 0 Å². The molecule has 2 aromatic rings. The predicted molar refractivity (Wildman–Crippen MR) is 78.8 cm³/mol. The molecule has 1 aromatic carbocycles. The van der Waals surface area contributed by atoms with Crippen molar-refractivity contribution in [2.45, 2.75) is 13.0 Å². The van der Waals surface area contributed by atoms with E-state index in [4.69, 9.17) is 14.9 Å². The number of aromatic nitrogens is 1. The highest BCUT2D eigenvalue weighted by molar-refractivity contribution is 6.01. The Kier molecular flexibility index (Phi) is 4.90. The number of carbonyl (C=O) groups excluding carboxylic acids is 2. The Bertz CT molecular complexity index is 662. The first-order chi connectivity index (χ1) is 10.5. The van der Waals surface area contributed by atoms with Crippen molar-refractivity contribution in [3.8, 4) is 5.75 Å². The maximum atomic E-state index is 12.0. The summed E-state index contributed by atoms with van der Waals surface area (Å²) in [6.07, 6.45) is 1.21. The normalized spacial score (nSPS) is 11.8. The van der Waals surface area contributed by atoms with E-state index in [0.717, 1.165) is 0 Å². The number of hydrogen-bond acceptors (Lipinski definition) is 6. The van der Waals surface area contributed by atoms with Gasteiger partial charge in [-0.15, -0.1) is 0 Å². The fraction of sp³-hybridized carbons (Fsp3) is 0.267. The summed E-state index contributed by atoms with van der Waals surface area (Å²) in [7, 11) is 1.55. The second kappa shape index (κ2) is 6.86. The molecule has 2 rings (SSSR count). The molecule has 1 heterocycles. The lowest BCUT2D eigenvalue weighted by Crippen LogP contribution is -2.29. The summed E-state index contributed by atoms with van der Waals surface area (Å²) in [4.78, 5) is 27.8. The van der Waals surface area contributed by atoms with Gasteiger partial charge >= 0.3 is 0 Å². The van der Waals surface area contributed by atoms with E-state index in [-0.39, 0.29) is 23.9 Å². The molecule has 7 nitrogen and oxygen atoms in total. The molecule has 0 aliphatic rings. The van der Waals surface area contributed by atoms with Gasteiger partial charge in [0.15, 0.2) is 11.5 Å². The topological polar surface area (TPSA) is 107 Å². The number of amides is 1. The number of nitrogens with zero attached hydrogens (tertiary/aromatic N) is 1. The van der Waals surface area contributed by atoms with Gasteiger partial charge in [-0.3, -0.25) is 9.59 Å². The number of Topliss-reactive ketones (excluding diaryl/α,β-unsaturated/α-hetero) is 1. The van der Waals surface area contributed by atoms with Gasteiger partial charge in [-0.25, -0.2) is 4.98 Å². The zero-order valence-electron chi connectivity index (χ0n) is 12.3. The molecule has 0 aliphatic carbocycles. The summed E-state index contributed by atoms with van der Waals surface area (Å²) in [5.41, 5.74) is 6.17. The highest BCUT2D eigenvalue weighted by Gasteiger charge is 2.15. The number of oxazole rings is 1. The van der Waals surface area contributed by atoms with Crippen LogP contribution in [0.4, 0.5) is 0 Å². The molecule has 0 saturated heterocycles. The van der Waals surface area contributed by atoms with E-state index in [9.17, 15) is 9.59 Å². The molecule has 22 heavy (non-hydrogen) atoms. The van der Waals surface area contributed by atoms with Crippen LogP contribution < -0.4 is 15.8 Å². The number of hydrogen-bond donors (Lipinski definition) is 2. The third kappa shape index (κ3) is 3.70. The van der Waals surface area contributed by atoms with Crippen molar-refractivity contribution in [3.05, 3.63) is 47.7 Å². The van der Waals surface area contributed by atoms with E-state index >= 15 is 0 Å². The monoisotopic (exact) mass is 303 g/mol. The summed E-state index contributed by atoms with van der Waals surface area (Å²) in [6.45, 7) is 1.56. The quantitative estimate of drug-likeness (QED) is 0.779. The van der Waals surface area contributed by atoms with Crippen LogP contribution in [-0.2, 0) is 0 Å². The van der Waals surface area contributed by atoms with Crippen molar-refractivity contribution < 1.29 is 18.7 Å². The molecule has 0 spiro atoms. The van der Waals surface area contributed by atoms with Crippen LogP contribution in [0.5, 0.6) is 5.75 Å². The molecule has 1 atom stereocenters. The number of nitrogens with one attached hydrogen (secondary N) is 1. The van der Waals surface area contributed by atoms with Crippen molar-refractivity contribution in [2.24, 2.45) is 5.73 Å². The average Bonchev–Trinajstić information content (AvgIpc) is 3.02. The molecular formula is C15H17N3O4. The first-order valence-corrected chi connectivity index (χ1v) is 6.67. The van der Waals surface area contributed by atoms with Gasteiger partial charge in [0, 0.05) is 5.56 Å². The van der Waals surface area contributed by atoms with Crippen molar-refractivity contribution in [1.29, 1.82) is 0 Å². The SMILES string of the molecule is COc1ccc(C(=O)CNC(=O)c2coc(C(C)N)n2)cc1. The van der Waals surface area contributed by atoms with Crippen molar-refractivity contribution in [3.63, 3.8) is 0 Å². The number of methoxy groups -OCH3 is 1. The third-order valence-corrected chi connectivity index (χ3v) is 2.97. The van der Waals surface area contributed by atoms with E-state index in [1.54, 1.807) is 38.3 Å². The Morgan fingerprint density at radius 3 is 2.59 bits per heavy atom. The van der Waals surface area contributed by atoms with Crippen molar-refractivity contribution in [1.82, 2.24) is 10.3 Å². The summed E-state index contributed by atoms with van der Waals surface area (Å²) in [5, 5.41) is 2.50. The van der Waals surface area contributed by atoms with Crippen LogP contribution in [0.25, 0.3) is 0 Å². The van der Waals surface area contributed by atoms with Gasteiger partial charge in [0.2, 0.25) is 5.89 Å². The van der Waals surface area contributed by atoms with Gasteiger partial charge in [-0.05, 0) is 31.2 Å². The van der Waals surface area contributed by atoms with Crippen LogP contribution in [0.3, 0.4) is 0 Å². The molecule has 0 saturated carbocycles. The van der Waals surface area contributed by atoms with E-state index in [0.29, 0.717) is 11.3 Å². The Balaban J connectivity index is 1.93. The minimum atomic E-state index is -0.488. The van der Waals surface area contributed by atoms with Gasteiger partial charge in [0.1, 0.15) is 12.0 Å². The Morgan fingerprint density at radius 1 is 1.36 bits per heavy atom. The Labute approximate surface area is 127 Å². The third-order valence-electron chi connectivity index (χ3n) is 2.97. The van der Waals surface area contributed by atoms with Crippen LogP contribution in [0.15, 0.2) is 34.9 Å². The maximum absolute atomic E-state index is 12.0. The zero-order chi connectivity index (χ0) is 16.1. The summed E-state index contributed by atoms with van der Waals surface area (Å²) < 4.78 is 10.1. The summed E-state index contributed by atoms with van der Waals surface area (Å²) in [6, 6.07) is 6.24. The minimum Gasteiger partial charge on any atom is -0.497 e. The molecule has 1 amide bonds. The van der Waals surface area contributed by atoms with Crippen LogP contribution in [0, 0.1) is 0 Å². The zero-order valence-corrected chi connectivity index (χ0v) is 12.3. The molecule has 0 fully saturated rings. The van der Waals surface area contributed by atoms with Crippen molar-refractivity contribution >= 4 is 11.7 Å². The fourth-order valence-corrected chi connectivity index (χ4v) is 1.73. The molecule has 1 unspecified atom stereocenters. The molecule has 7 heteroatoms. The molecule has 116 valence electrons. The van der Waals surface area contributed by atoms with E-state index < -0.39 is 11.9 Å². The minimum absolute atomic E-state index is 0.0924. The summed E-state index contributed by atoms with van der Waals surface area (Å²) >= 11 is 0. The first kappa shape index (κ1) is 15.7. The second-order valence-electron chi connectivity index (χ2n) is 4.69. The number of carbonyl (C=O) groups is 2. The van der Waals surface area contributed by atoms with E-state index in [1.165, 1.54) is 6.26 Å². The number of rotatable bonds is 6. The van der Waals surface area contributed by atoms with Crippen LogP contribution in [-0.4, -0.2) is 30.3 Å². The fourth-order valence-electron chi connectivity index (χ4n) is 1.73. The van der Waals surface area contributed by atoms with Gasteiger partial charge in [0.05, 0.1) is 19.7 Å². The van der Waals surface area contributed by atoms with Gasteiger partial charge in [0.25, 0.3) is 5.91 Å². The van der Waals surface area contributed by atoms with Gasteiger partial charge in [-0.2, -0.15) is 0 Å². The maximum Gasteiger partial charge on any atom is 0.273 e. The smallest absolute Gasteiger partial charge is 0.273 e. The highest BCUT2D eigenvalue weighted by atomic mass is 16.5. The number of ether oxygens (including phenoxy) is 1. The van der Waals surface area contributed by atoms with Crippen molar-refractivity contribution in [2.75, 3.05) is 13.7 Å². The number of ketones is 1. The molecule has 3 N–H and O–H groups in total. The average molecular weight is 303 g/mol. The van der Waals surface area contributed by atoms with E-state index in [1.807, 2.05) is 0 Å². The number of benzene rings is 1. The first-order valence-electron chi connectivity index (χ1n) is 6.67. The summed E-state index contributed by atoms with van der Waals surface area (Å²) in [5.74, 6) is 0.225. The van der Waals surface area contributed by atoms with Gasteiger partial charge < -0.3 is 20.2 Å². The highest BCUT2D eigenvalue weighted by Crippen LogP contribution is 2.12. The molecule has 0 radical (unpaired) electrons. The largest absolute Gasteiger partial charge is 0.497 e. The van der Waals surface area contributed by atoms with Crippen LogP contribution >= 0.6 is 0 Å². The second-order valence-corrected chi connectivity index (χ2v) is 4.69. The standard InChI is InChI=1S/C15H17N3O4/c1-9(16)15-18-12(8-22-15)14(20)17-7-13(19)10-3-5-11(21-2)6-4-10/h3-6,8-9H,7,16H2,1-2H3,(H,17,20). The lowest BCUT2D eigenvalue weighted by Gasteiger charge is -2.04. The lowest BCUT2D eigenvalue weighted by molar-refractivity contribution is 0.0900. The van der Waals surface area contributed by atoms with E-state index in [2.05, 4.69) is 10.3 Å². The molecule has 0 bridgehead atoms. The Morgan fingerprint density at radius 2 is 2.05 bits per heavy atom.